The zero-order chi connectivity index (χ0) is 25.4. The average Bonchev–Trinajstić information content (AvgIpc) is 3.13. The van der Waals surface area contributed by atoms with Crippen molar-refractivity contribution in [1.82, 2.24) is 14.3 Å². The SMILES string of the molecule is CCCCc1nc(C)c(C(=O)OCC)n1Cc1cccc(Cc2cccc(S(=O)(=O)NC#N)c2)c1. The Hall–Kier alpha value is -3.64. The number of esters is 1. The maximum atomic E-state index is 12.7. The predicted octanol–water partition coefficient (Wildman–Crippen LogP) is 4.11. The lowest BCUT2D eigenvalue weighted by Crippen LogP contribution is -2.18. The second-order valence-corrected chi connectivity index (χ2v) is 9.92. The molecule has 0 spiro atoms. The normalized spacial score (nSPS) is 11.1. The Morgan fingerprint density at radius 2 is 1.80 bits per heavy atom. The quantitative estimate of drug-likeness (QED) is 0.244. The molecule has 0 aliphatic carbocycles. The summed E-state index contributed by atoms with van der Waals surface area (Å²) in [5.74, 6) is 0.487. The molecule has 1 N–H and O–H groups in total. The molecule has 3 aromatic rings. The Balaban J connectivity index is 1.89. The molecule has 2 aromatic carbocycles. The summed E-state index contributed by atoms with van der Waals surface area (Å²) in [6, 6.07) is 14.5. The van der Waals surface area contributed by atoms with E-state index in [4.69, 9.17) is 10.00 Å². The van der Waals surface area contributed by atoms with Crippen molar-refractivity contribution < 1.29 is 17.9 Å². The Morgan fingerprint density at radius 1 is 1.11 bits per heavy atom. The molecule has 1 heterocycles. The standard InChI is InChI=1S/C26H30N4O4S/c1-4-6-13-24-29-19(3)25(26(31)34-5-2)30(24)17-22-11-7-9-20(15-22)14-21-10-8-12-23(16-21)35(32,33)28-18-27/h7-12,15-16,28H,4-6,13-14,17H2,1-3H3. The molecule has 0 aliphatic rings. The van der Waals surface area contributed by atoms with E-state index in [0.717, 1.165) is 41.8 Å². The second-order valence-electron chi connectivity index (χ2n) is 8.23. The first kappa shape index (κ1) is 26.0. The summed E-state index contributed by atoms with van der Waals surface area (Å²) < 4.78 is 33.4. The molecule has 184 valence electrons. The maximum absolute atomic E-state index is 12.7. The number of sulfonamides is 1. The van der Waals surface area contributed by atoms with Crippen molar-refractivity contribution in [2.75, 3.05) is 6.61 Å². The number of aromatic nitrogens is 2. The lowest BCUT2D eigenvalue weighted by Gasteiger charge is -2.13. The fraction of sp³-hybridized carbons (Fsp3) is 0.346. The molecular formula is C26H30N4O4S. The van der Waals surface area contributed by atoms with Gasteiger partial charge in [0.05, 0.1) is 17.2 Å². The molecule has 1 aromatic heterocycles. The highest BCUT2D eigenvalue weighted by atomic mass is 32.2. The van der Waals surface area contributed by atoms with Crippen LogP contribution in [0.4, 0.5) is 0 Å². The van der Waals surface area contributed by atoms with Gasteiger partial charge in [-0.25, -0.2) is 22.9 Å². The van der Waals surface area contributed by atoms with Crippen molar-refractivity contribution in [1.29, 1.82) is 5.26 Å². The van der Waals surface area contributed by atoms with Crippen LogP contribution < -0.4 is 4.72 Å². The van der Waals surface area contributed by atoms with Gasteiger partial charge >= 0.3 is 5.97 Å². The molecule has 0 radical (unpaired) electrons. The third-order valence-corrected chi connectivity index (χ3v) is 6.81. The minimum absolute atomic E-state index is 0.0428. The molecule has 0 saturated heterocycles. The van der Waals surface area contributed by atoms with Crippen LogP contribution in [0.1, 0.15) is 65.4 Å². The van der Waals surface area contributed by atoms with Gasteiger partial charge in [-0.05, 0) is 55.5 Å². The summed E-state index contributed by atoms with van der Waals surface area (Å²) >= 11 is 0. The number of nitrogens with zero attached hydrogens (tertiary/aromatic N) is 3. The number of imidazole rings is 1. The Labute approximate surface area is 206 Å². The summed E-state index contributed by atoms with van der Waals surface area (Å²) in [5, 5.41) is 8.70. The van der Waals surface area contributed by atoms with Gasteiger partial charge in [0.15, 0.2) is 11.9 Å². The van der Waals surface area contributed by atoms with Crippen LogP contribution in [0.15, 0.2) is 53.4 Å². The van der Waals surface area contributed by atoms with Crippen LogP contribution >= 0.6 is 0 Å². The molecule has 0 atom stereocenters. The Bertz CT molecular complexity index is 1340. The monoisotopic (exact) mass is 494 g/mol. The number of hydrogen-bond acceptors (Lipinski definition) is 6. The van der Waals surface area contributed by atoms with E-state index < -0.39 is 10.0 Å². The molecule has 35 heavy (non-hydrogen) atoms. The molecule has 0 aliphatic heterocycles. The van der Waals surface area contributed by atoms with Crippen LogP contribution in [-0.2, 0) is 34.1 Å². The van der Waals surface area contributed by atoms with Crippen LogP contribution in [0.2, 0.25) is 0 Å². The number of carbonyl (C=O) groups is 1. The van der Waals surface area contributed by atoms with E-state index in [0.29, 0.717) is 31.0 Å². The molecule has 0 amide bonds. The second kappa shape index (κ2) is 11.7. The number of nitriles is 1. The lowest BCUT2D eigenvalue weighted by atomic mass is 10.0. The highest BCUT2D eigenvalue weighted by Gasteiger charge is 2.22. The first-order chi connectivity index (χ1) is 16.8. The van der Waals surface area contributed by atoms with Gasteiger partial charge < -0.3 is 9.30 Å². The van der Waals surface area contributed by atoms with E-state index in [1.54, 1.807) is 19.1 Å². The Kier molecular flexibility index (Phi) is 8.66. The molecule has 8 nitrogen and oxygen atoms in total. The highest BCUT2D eigenvalue weighted by Crippen LogP contribution is 2.20. The fourth-order valence-electron chi connectivity index (χ4n) is 3.98. The van der Waals surface area contributed by atoms with Gasteiger partial charge in [-0.15, -0.1) is 0 Å². The third kappa shape index (κ3) is 6.49. The van der Waals surface area contributed by atoms with Gasteiger partial charge in [0.1, 0.15) is 5.82 Å². The van der Waals surface area contributed by atoms with Crippen molar-refractivity contribution in [3.05, 3.63) is 82.4 Å². The van der Waals surface area contributed by atoms with E-state index in [1.807, 2.05) is 46.5 Å². The summed E-state index contributed by atoms with van der Waals surface area (Å²) in [6.45, 7) is 6.50. The van der Waals surface area contributed by atoms with Crippen LogP contribution in [-0.4, -0.2) is 30.5 Å². The van der Waals surface area contributed by atoms with Crippen LogP contribution in [0.25, 0.3) is 0 Å². The number of nitrogens with one attached hydrogen (secondary N) is 1. The smallest absolute Gasteiger partial charge is 0.356 e. The zero-order valence-corrected chi connectivity index (χ0v) is 21.1. The van der Waals surface area contributed by atoms with Gasteiger partial charge in [-0.2, -0.15) is 5.26 Å². The van der Waals surface area contributed by atoms with E-state index in [1.165, 1.54) is 12.3 Å². The zero-order valence-electron chi connectivity index (χ0n) is 20.2. The highest BCUT2D eigenvalue weighted by molar-refractivity contribution is 7.89. The molecule has 0 saturated carbocycles. The summed E-state index contributed by atoms with van der Waals surface area (Å²) in [4.78, 5) is 17.4. The van der Waals surface area contributed by atoms with E-state index in [9.17, 15) is 13.2 Å². The van der Waals surface area contributed by atoms with Crippen molar-refractivity contribution in [2.24, 2.45) is 0 Å². The predicted molar refractivity (Wildman–Crippen MR) is 132 cm³/mol. The largest absolute Gasteiger partial charge is 0.461 e. The van der Waals surface area contributed by atoms with Crippen LogP contribution in [0.5, 0.6) is 0 Å². The number of carbonyl (C=O) groups excluding carboxylic acids is 1. The lowest BCUT2D eigenvalue weighted by molar-refractivity contribution is 0.0513. The minimum Gasteiger partial charge on any atom is -0.461 e. The van der Waals surface area contributed by atoms with Gasteiger partial charge in [0, 0.05) is 13.0 Å². The topological polar surface area (TPSA) is 114 Å². The van der Waals surface area contributed by atoms with Gasteiger partial charge in [0.2, 0.25) is 0 Å². The summed E-state index contributed by atoms with van der Waals surface area (Å²) in [6.07, 6.45) is 4.75. The van der Waals surface area contributed by atoms with Crippen LogP contribution in [0, 0.1) is 18.4 Å². The molecular weight excluding hydrogens is 464 g/mol. The summed E-state index contributed by atoms with van der Waals surface area (Å²) in [5.41, 5.74) is 3.94. The van der Waals surface area contributed by atoms with Gasteiger partial charge in [-0.1, -0.05) is 49.7 Å². The number of benzene rings is 2. The molecule has 9 heteroatoms. The third-order valence-electron chi connectivity index (χ3n) is 5.57. The van der Waals surface area contributed by atoms with E-state index in [2.05, 4.69) is 11.9 Å². The fourth-order valence-corrected chi connectivity index (χ4v) is 4.78. The van der Waals surface area contributed by atoms with Gasteiger partial charge in [-0.3, -0.25) is 0 Å². The molecule has 3 rings (SSSR count). The van der Waals surface area contributed by atoms with Gasteiger partial charge in [0.25, 0.3) is 10.0 Å². The number of rotatable bonds is 11. The Morgan fingerprint density at radius 3 is 2.49 bits per heavy atom. The van der Waals surface area contributed by atoms with E-state index in [-0.39, 0.29) is 10.9 Å². The number of unbranched alkanes of at least 4 members (excludes halogenated alkanes) is 1. The van der Waals surface area contributed by atoms with E-state index >= 15 is 0 Å². The number of hydrogen-bond donors (Lipinski definition) is 1. The first-order valence-corrected chi connectivity index (χ1v) is 13.1. The average molecular weight is 495 g/mol. The molecule has 0 fully saturated rings. The van der Waals surface area contributed by atoms with Crippen molar-refractivity contribution >= 4 is 16.0 Å². The van der Waals surface area contributed by atoms with Crippen LogP contribution in [0.3, 0.4) is 0 Å². The first-order valence-electron chi connectivity index (χ1n) is 11.6. The minimum atomic E-state index is -3.87. The maximum Gasteiger partial charge on any atom is 0.356 e. The molecule has 0 unspecified atom stereocenters. The van der Waals surface area contributed by atoms with Crippen molar-refractivity contribution in [3.8, 4) is 6.19 Å². The number of aryl methyl sites for hydroxylation is 2. The van der Waals surface area contributed by atoms with Crippen molar-refractivity contribution in [3.63, 3.8) is 0 Å². The van der Waals surface area contributed by atoms with Crippen molar-refractivity contribution in [2.45, 2.75) is 57.9 Å². The molecule has 0 bridgehead atoms. The summed E-state index contributed by atoms with van der Waals surface area (Å²) in [7, 11) is -3.87. The number of ether oxygens (including phenoxy) is 1.